The van der Waals surface area contributed by atoms with E-state index < -0.39 is 0 Å². The summed E-state index contributed by atoms with van der Waals surface area (Å²) in [5.74, 6) is 0.268. The molecule has 0 bridgehead atoms. The van der Waals surface area contributed by atoms with Crippen molar-refractivity contribution in [3.8, 4) is 0 Å². The fraction of sp³-hybridized carbons (Fsp3) is 0.409. The van der Waals surface area contributed by atoms with E-state index in [4.69, 9.17) is 4.74 Å². The zero-order valence-corrected chi connectivity index (χ0v) is 18.9. The summed E-state index contributed by atoms with van der Waals surface area (Å²) >= 11 is 0. The van der Waals surface area contributed by atoms with Gasteiger partial charge in [0.2, 0.25) is 0 Å². The highest BCUT2D eigenvalue weighted by atomic mass is 127. The van der Waals surface area contributed by atoms with E-state index in [1.807, 2.05) is 12.1 Å². The van der Waals surface area contributed by atoms with Gasteiger partial charge in [0.15, 0.2) is 5.96 Å². The Morgan fingerprint density at radius 1 is 0.966 bits per heavy atom. The number of nitrogens with one attached hydrogen (secondary N) is 2. The first-order valence-corrected chi connectivity index (χ1v) is 9.64. The molecule has 2 aromatic rings. The molecule has 1 aliphatic rings. The highest BCUT2D eigenvalue weighted by Gasteiger charge is 2.34. The summed E-state index contributed by atoms with van der Waals surface area (Å²) in [5, 5.41) is 6.72. The average Bonchev–Trinajstić information content (AvgIpc) is 2.73. The van der Waals surface area contributed by atoms with Crippen LogP contribution in [0.5, 0.6) is 0 Å². The maximum atomic E-state index is 13.4. The van der Waals surface area contributed by atoms with Crippen molar-refractivity contribution < 1.29 is 13.5 Å². The molecule has 0 amide bonds. The molecular formula is C22H28F2IN3O. The minimum Gasteiger partial charge on any atom is -0.381 e. The molecule has 7 heteroatoms. The first kappa shape index (κ1) is 23.5. The van der Waals surface area contributed by atoms with Gasteiger partial charge in [0.05, 0.1) is 0 Å². The number of ether oxygens (including phenoxy) is 1. The molecule has 0 radical (unpaired) electrons. The van der Waals surface area contributed by atoms with Gasteiger partial charge < -0.3 is 15.4 Å². The van der Waals surface area contributed by atoms with Crippen molar-refractivity contribution >= 4 is 29.9 Å². The number of halogens is 3. The monoisotopic (exact) mass is 515 g/mol. The van der Waals surface area contributed by atoms with Crippen molar-refractivity contribution in [3.63, 3.8) is 0 Å². The van der Waals surface area contributed by atoms with E-state index in [1.54, 1.807) is 19.2 Å². The van der Waals surface area contributed by atoms with Gasteiger partial charge in [-0.3, -0.25) is 4.99 Å². The summed E-state index contributed by atoms with van der Waals surface area (Å²) in [6.07, 6.45) is 2.52. The molecule has 0 saturated carbocycles. The maximum Gasteiger partial charge on any atom is 0.191 e. The number of aliphatic imine (C=N–C) groups is 1. The molecule has 3 rings (SSSR count). The minimum atomic E-state index is -0.225. The van der Waals surface area contributed by atoms with Gasteiger partial charge in [-0.2, -0.15) is 0 Å². The van der Waals surface area contributed by atoms with Crippen molar-refractivity contribution in [2.45, 2.75) is 24.7 Å². The Kier molecular flexibility index (Phi) is 9.29. The number of hydrogen-bond acceptors (Lipinski definition) is 2. The van der Waals surface area contributed by atoms with Crippen molar-refractivity contribution in [1.82, 2.24) is 10.6 Å². The fourth-order valence-corrected chi connectivity index (χ4v) is 3.58. The van der Waals surface area contributed by atoms with Crippen LogP contribution in [0.1, 0.15) is 24.0 Å². The average molecular weight is 515 g/mol. The van der Waals surface area contributed by atoms with E-state index in [1.165, 1.54) is 24.3 Å². The first-order valence-electron chi connectivity index (χ1n) is 9.64. The third kappa shape index (κ3) is 6.64. The molecule has 4 nitrogen and oxygen atoms in total. The lowest BCUT2D eigenvalue weighted by atomic mass is 9.74. The zero-order chi connectivity index (χ0) is 19.8. The lowest BCUT2D eigenvalue weighted by Crippen LogP contribution is -2.48. The predicted octanol–water partition coefficient (Wildman–Crippen LogP) is 4.04. The van der Waals surface area contributed by atoms with Crippen LogP contribution in [0.4, 0.5) is 8.78 Å². The SMILES string of the molecule is CN=C(NCCc1ccc(F)cc1)NCC1(c2ccc(F)cc2)CCOCC1.I. The summed E-state index contributed by atoms with van der Waals surface area (Å²) in [4.78, 5) is 4.30. The Balaban J connectivity index is 0.00000300. The highest BCUT2D eigenvalue weighted by molar-refractivity contribution is 14.0. The summed E-state index contributed by atoms with van der Waals surface area (Å²) < 4.78 is 31.9. The molecule has 0 aliphatic carbocycles. The van der Waals surface area contributed by atoms with E-state index in [0.717, 1.165) is 36.3 Å². The lowest BCUT2D eigenvalue weighted by molar-refractivity contribution is 0.0513. The molecule has 29 heavy (non-hydrogen) atoms. The van der Waals surface area contributed by atoms with Gasteiger partial charge in [0.1, 0.15) is 11.6 Å². The Morgan fingerprint density at radius 3 is 2.14 bits per heavy atom. The van der Waals surface area contributed by atoms with Gasteiger partial charge in [-0.1, -0.05) is 24.3 Å². The smallest absolute Gasteiger partial charge is 0.191 e. The number of rotatable bonds is 6. The van der Waals surface area contributed by atoms with Crippen LogP contribution in [0, 0.1) is 11.6 Å². The van der Waals surface area contributed by atoms with Crippen LogP contribution in [-0.4, -0.2) is 39.3 Å². The van der Waals surface area contributed by atoms with Gasteiger partial charge in [0, 0.05) is 38.8 Å². The van der Waals surface area contributed by atoms with Gasteiger partial charge in [-0.05, 0) is 54.7 Å². The molecule has 1 fully saturated rings. The molecule has 1 aliphatic heterocycles. The second-order valence-corrected chi connectivity index (χ2v) is 7.13. The Hall–Kier alpha value is -1.74. The second kappa shape index (κ2) is 11.4. The van der Waals surface area contributed by atoms with Gasteiger partial charge in [-0.15, -0.1) is 24.0 Å². The van der Waals surface area contributed by atoms with Crippen molar-refractivity contribution in [2.75, 3.05) is 33.4 Å². The molecule has 0 atom stereocenters. The predicted molar refractivity (Wildman–Crippen MR) is 123 cm³/mol. The van der Waals surface area contributed by atoms with Gasteiger partial charge in [-0.25, -0.2) is 8.78 Å². The van der Waals surface area contributed by atoms with Gasteiger partial charge in [0.25, 0.3) is 0 Å². The molecule has 2 N–H and O–H groups in total. The van der Waals surface area contributed by atoms with Crippen molar-refractivity contribution in [2.24, 2.45) is 4.99 Å². The van der Waals surface area contributed by atoms with Crippen LogP contribution in [0.25, 0.3) is 0 Å². The maximum absolute atomic E-state index is 13.4. The largest absolute Gasteiger partial charge is 0.381 e. The molecule has 1 heterocycles. The van der Waals surface area contributed by atoms with E-state index in [9.17, 15) is 8.78 Å². The standard InChI is InChI=1S/C22H27F2N3O.HI/c1-25-21(26-13-10-17-2-6-19(23)7-3-17)27-16-22(11-14-28-15-12-22)18-4-8-20(24)9-5-18;/h2-9H,10-16H2,1H3,(H2,25,26,27);1H. The Morgan fingerprint density at radius 2 is 1.55 bits per heavy atom. The van der Waals surface area contributed by atoms with Crippen LogP contribution in [0.15, 0.2) is 53.5 Å². The molecule has 0 spiro atoms. The summed E-state index contributed by atoms with van der Waals surface area (Å²) in [7, 11) is 1.74. The van der Waals surface area contributed by atoms with E-state index in [0.29, 0.717) is 26.3 Å². The second-order valence-electron chi connectivity index (χ2n) is 7.13. The van der Waals surface area contributed by atoms with Crippen molar-refractivity contribution in [3.05, 3.63) is 71.3 Å². The van der Waals surface area contributed by atoms with Crippen LogP contribution in [0.2, 0.25) is 0 Å². The van der Waals surface area contributed by atoms with Crippen LogP contribution in [-0.2, 0) is 16.6 Å². The zero-order valence-electron chi connectivity index (χ0n) is 16.6. The number of guanidine groups is 1. The topological polar surface area (TPSA) is 45.7 Å². The molecule has 2 aromatic carbocycles. The lowest BCUT2D eigenvalue weighted by Gasteiger charge is -2.38. The third-order valence-electron chi connectivity index (χ3n) is 5.34. The number of hydrogen-bond donors (Lipinski definition) is 2. The van der Waals surface area contributed by atoms with Crippen LogP contribution < -0.4 is 10.6 Å². The van der Waals surface area contributed by atoms with Crippen molar-refractivity contribution in [1.29, 1.82) is 0 Å². The quantitative estimate of drug-likeness (QED) is 0.347. The molecular weight excluding hydrogens is 487 g/mol. The first-order chi connectivity index (χ1) is 13.6. The minimum absolute atomic E-state index is 0. The van der Waals surface area contributed by atoms with Gasteiger partial charge >= 0.3 is 0 Å². The normalized spacial score (nSPS) is 16.0. The Labute approximate surface area is 188 Å². The molecule has 1 saturated heterocycles. The fourth-order valence-electron chi connectivity index (χ4n) is 3.58. The van der Waals surface area contributed by atoms with Crippen LogP contribution >= 0.6 is 24.0 Å². The van der Waals surface area contributed by atoms with Crippen LogP contribution in [0.3, 0.4) is 0 Å². The Bertz CT molecular complexity index is 776. The molecule has 158 valence electrons. The number of nitrogens with zero attached hydrogens (tertiary/aromatic N) is 1. The highest BCUT2D eigenvalue weighted by Crippen LogP contribution is 2.34. The number of benzene rings is 2. The molecule has 0 unspecified atom stereocenters. The summed E-state index contributed by atoms with van der Waals surface area (Å²) in [5.41, 5.74) is 2.07. The summed E-state index contributed by atoms with van der Waals surface area (Å²) in [6, 6.07) is 13.3. The van der Waals surface area contributed by atoms with E-state index in [2.05, 4.69) is 15.6 Å². The van der Waals surface area contributed by atoms with E-state index >= 15 is 0 Å². The third-order valence-corrected chi connectivity index (χ3v) is 5.34. The molecule has 0 aromatic heterocycles. The van der Waals surface area contributed by atoms with E-state index in [-0.39, 0.29) is 41.0 Å². The summed E-state index contributed by atoms with van der Waals surface area (Å²) in [6.45, 7) is 2.77.